The maximum absolute atomic E-state index is 11.9. The number of amides is 1. The highest BCUT2D eigenvalue weighted by Gasteiger charge is 2.35. The molecule has 1 saturated heterocycles. The molecule has 0 aromatic rings. The van der Waals surface area contributed by atoms with E-state index in [1.165, 1.54) is 0 Å². The van der Waals surface area contributed by atoms with E-state index in [4.69, 9.17) is 9.84 Å². The topological polar surface area (TPSA) is 70.1 Å². The number of ether oxygens (including phenoxy) is 1. The van der Waals surface area contributed by atoms with Crippen LogP contribution in [-0.2, 0) is 14.3 Å². The van der Waals surface area contributed by atoms with Crippen LogP contribution in [0.4, 0.5) is 0 Å². The van der Waals surface area contributed by atoms with E-state index in [0.29, 0.717) is 19.4 Å². The van der Waals surface area contributed by atoms with E-state index in [9.17, 15) is 9.59 Å². The van der Waals surface area contributed by atoms with Crippen molar-refractivity contribution in [3.05, 3.63) is 0 Å². The monoisotopic (exact) mass is 244 g/mol. The highest BCUT2D eigenvalue weighted by molar-refractivity contribution is 5.82. The molecular weight excluding hydrogens is 224 g/mol. The van der Waals surface area contributed by atoms with E-state index in [0.717, 1.165) is 6.54 Å². The molecule has 0 aromatic heterocycles. The maximum atomic E-state index is 11.9. The van der Waals surface area contributed by atoms with Gasteiger partial charge in [0.25, 0.3) is 5.91 Å². The zero-order valence-corrected chi connectivity index (χ0v) is 10.5. The predicted molar refractivity (Wildman–Crippen MR) is 61.7 cm³/mol. The second-order valence-corrected chi connectivity index (χ2v) is 4.59. The molecule has 0 spiro atoms. The Kier molecular flexibility index (Phi) is 4.89. The number of likely N-dealkylation sites (N-methyl/N-ethyl adjacent to an activating group) is 2. The van der Waals surface area contributed by atoms with Gasteiger partial charge in [-0.2, -0.15) is 0 Å². The standard InChI is InChI=1S/C11H20N2O4/c1-12(2)6-7-13(3)10(14)8-4-5-9(17-8)11(15)16/h8-9H,4-7H2,1-3H3,(H,15,16). The minimum atomic E-state index is -0.990. The van der Waals surface area contributed by atoms with Gasteiger partial charge in [-0.05, 0) is 26.9 Å². The van der Waals surface area contributed by atoms with Crippen LogP contribution in [0.3, 0.4) is 0 Å². The van der Waals surface area contributed by atoms with Gasteiger partial charge in [-0.1, -0.05) is 0 Å². The van der Waals surface area contributed by atoms with E-state index in [2.05, 4.69) is 0 Å². The molecule has 1 heterocycles. The summed E-state index contributed by atoms with van der Waals surface area (Å²) in [6.07, 6.45) is -0.524. The number of carbonyl (C=O) groups is 2. The van der Waals surface area contributed by atoms with Gasteiger partial charge in [-0.25, -0.2) is 4.79 Å². The Balaban J connectivity index is 2.40. The van der Waals surface area contributed by atoms with Crippen LogP contribution in [0.1, 0.15) is 12.8 Å². The molecule has 0 saturated carbocycles. The largest absolute Gasteiger partial charge is 0.479 e. The number of carboxylic acids is 1. The summed E-state index contributed by atoms with van der Waals surface area (Å²) >= 11 is 0. The second-order valence-electron chi connectivity index (χ2n) is 4.59. The van der Waals surface area contributed by atoms with Crippen molar-refractivity contribution < 1.29 is 19.4 Å². The molecule has 6 heteroatoms. The first-order valence-electron chi connectivity index (χ1n) is 5.69. The summed E-state index contributed by atoms with van der Waals surface area (Å²) in [5.74, 6) is -1.12. The summed E-state index contributed by atoms with van der Waals surface area (Å²) < 4.78 is 5.21. The summed E-state index contributed by atoms with van der Waals surface area (Å²) in [5, 5.41) is 8.77. The summed E-state index contributed by atoms with van der Waals surface area (Å²) in [6, 6.07) is 0. The minimum absolute atomic E-state index is 0.129. The first-order chi connectivity index (χ1) is 7.91. The van der Waals surface area contributed by atoms with E-state index in [-0.39, 0.29) is 5.91 Å². The molecule has 1 aliphatic heterocycles. The predicted octanol–water partition coefficient (Wildman–Crippen LogP) is -0.361. The smallest absolute Gasteiger partial charge is 0.332 e. The lowest BCUT2D eigenvalue weighted by molar-refractivity contribution is -0.154. The molecule has 1 aliphatic rings. The number of aliphatic carboxylic acids is 1. The van der Waals surface area contributed by atoms with E-state index < -0.39 is 18.2 Å². The third-order valence-corrected chi connectivity index (χ3v) is 2.83. The quantitative estimate of drug-likeness (QED) is 0.715. The highest BCUT2D eigenvalue weighted by atomic mass is 16.5. The van der Waals surface area contributed by atoms with Crippen molar-refractivity contribution in [2.24, 2.45) is 0 Å². The average Bonchev–Trinajstić information content (AvgIpc) is 2.73. The molecule has 1 N–H and O–H groups in total. The molecule has 2 unspecified atom stereocenters. The second kappa shape index (κ2) is 5.97. The van der Waals surface area contributed by atoms with Gasteiger partial charge in [0.05, 0.1) is 0 Å². The van der Waals surface area contributed by atoms with Crippen molar-refractivity contribution in [1.82, 2.24) is 9.80 Å². The van der Waals surface area contributed by atoms with Gasteiger partial charge < -0.3 is 19.6 Å². The Bertz CT molecular complexity index is 293. The Hall–Kier alpha value is -1.14. The highest BCUT2D eigenvalue weighted by Crippen LogP contribution is 2.21. The van der Waals surface area contributed by atoms with Crippen molar-refractivity contribution >= 4 is 11.9 Å². The van der Waals surface area contributed by atoms with Gasteiger partial charge in [-0.15, -0.1) is 0 Å². The number of carbonyl (C=O) groups excluding carboxylic acids is 1. The van der Waals surface area contributed by atoms with Crippen LogP contribution in [0.15, 0.2) is 0 Å². The van der Waals surface area contributed by atoms with Crippen molar-refractivity contribution in [3.63, 3.8) is 0 Å². The first kappa shape index (κ1) is 13.9. The Morgan fingerprint density at radius 1 is 1.18 bits per heavy atom. The summed E-state index contributed by atoms with van der Waals surface area (Å²) in [7, 11) is 5.58. The molecule has 0 aliphatic carbocycles. The fraction of sp³-hybridized carbons (Fsp3) is 0.818. The molecule has 17 heavy (non-hydrogen) atoms. The van der Waals surface area contributed by atoms with Crippen LogP contribution in [-0.4, -0.2) is 73.2 Å². The van der Waals surface area contributed by atoms with Crippen molar-refractivity contribution in [2.75, 3.05) is 34.2 Å². The Labute approximate surface area is 101 Å². The number of hydrogen-bond acceptors (Lipinski definition) is 4. The molecule has 0 bridgehead atoms. The van der Waals surface area contributed by atoms with Gasteiger partial charge in [0.15, 0.2) is 6.10 Å². The summed E-state index contributed by atoms with van der Waals surface area (Å²) in [6.45, 7) is 1.39. The van der Waals surface area contributed by atoms with Crippen LogP contribution in [0.5, 0.6) is 0 Å². The van der Waals surface area contributed by atoms with Crippen molar-refractivity contribution in [1.29, 1.82) is 0 Å². The lowest BCUT2D eigenvalue weighted by atomic mass is 10.2. The number of carboxylic acid groups (broad SMARTS) is 1. The van der Waals surface area contributed by atoms with E-state index in [1.54, 1.807) is 11.9 Å². The van der Waals surface area contributed by atoms with Crippen LogP contribution < -0.4 is 0 Å². The Morgan fingerprint density at radius 3 is 2.24 bits per heavy atom. The maximum Gasteiger partial charge on any atom is 0.332 e. The van der Waals surface area contributed by atoms with E-state index >= 15 is 0 Å². The SMILES string of the molecule is CN(C)CCN(C)C(=O)C1CCC(C(=O)O)O1. The number of rotatable bonds is 5. The van der Waals surface area contributed by atoms with Gasteiger partial charge in [-0.3, -0.25) is 4.79 Å². The molecule has 0 aromatic carbocycles. The summed E-state index contributed by atoms with van der Waals surface area (Å²) in [5.41, 5.74) is 0. The average molecular weight is 244 g/mol. The lowest BCUT2D eigenvalue weighted by Crippen LogP contribution is -2.40. The van der Waals surface area contributed by atoms with Crippen LogP contribution >= 0.6 is 0 Å². The molecular formula is C11H20N2O4. The molecule has 1 rings (SSSR count). The summed E-state index contributed by atoms with van der Waals surface area (Å²) in [4.78, 5) is 26.2. The Morgan fingerprint density at radius 2 is 1.76 bits per heavy atom. The van der Waals surface area contributed by atoms with Crippen molar-refractivity contribution in [3.8, 4) is 0 Å². The van der Waals surface area contributed by atoms with Crippen LogP contribution in [0, 0.1) is 0 Å². The molecule has 98 valence electrons. The molecule has 2 atom stereocenters. The third kappa shape index (κ3) is 3.98. The third-order valence-electron chi connectivity index (χ3n) is 2.83. The molecule has 0 radical (unpaired) electrons. The van der Waals surface area contributed by atoms with Gasteiger partial charge >= 0.3 is 5.97 Å². The zero-order chi connectivity index (χ0) is 13.0. The fourth-order valence-electron chi connectivity index (χ4n) is 1.71. The molecule has 1 fully saturated rings. The van der Waals surface area contributed by atoms with Crippen LogP contribution in [0.25, 0.3) is 0 Å². The van der Waals surface area contributed by atoms with Gasteiger partial charge in [0.1, 0.15) is 6.10 Å². The van der Waals surface area contributed by atoms with Gasteiger partial charge in [0.2, 0.25) is 0 Å². The molecule has 1 amide bonds. The first-order valence-corrected chi connectivity index (χ1v) is 5.69. The minimum Gasteiger partial charge on any atom is -0.479 e. The number of nitrogens with zero attached hydrogens (tertiary/aromatic N) is 2. The van der Waals surface area contributed by atoms with E-state index in [1.807, 2.05) is 19.0 Å². The number of hydrogen-bond donors (Lipinski definition) is 1. The van der Waals surface area contributed by atoms with Crippen LogP contribution in [0.2, 0.25) is 0 Å². The van der Waals surface area contributed by atoms with Gasteiger partial charge in [0, 0.05) is 20.1 Å². The zero-order valence-electron chi connectivity index (χ0n) is 10.5. The van der Waals surface area contributed by atoms with Crippen molar-refractivity contribution in [2.45, 2.75) is 25.0 Å². The normalized spacial score (nSPS) is 24.0. The molecule has 6 nitrogen and oxygen atoms in total. The fourth-order valence-corrected chi connectivity index (χ4v) is 1.71. The lowest BCUT2D eigenvalue weighted by Gasteiger charge is -2.22.